The summed E-state index contributed by atoms with van der Waals surface area (Å²) < 4.78 is 31.6. The van der Waals surface area contributed by atoms with Gasteiger partial charge < -0.3 is 5.11 Å². The fraction of sp³-hybridized carbons (Fsp3) is 0. The summed E-state index contributed by atoms with van der Waals surface area (Å²) in [7, 11) is -4.67. The third-order valence-electron chi connectivity index (χ3n) is 1.22. The third-order valence-corrected chi connectivity index (χ3v) is 1.22. The van der Waals surface area contributed by atoms with Crippen LogP contribution in [-0.4, -0.2) is 28.6 Å². The van der Waals surface area contributed by atoms with E-state index < -0.39 is 16.4 Å². The van der Waals surface area contributed by atoms with Crippen LogP contribution >= 0.6 is 0 Å². The Hall–Kier alpha value is -1.70. The molecule has 0 saturated carbocycles. The Labute approximate surface area is 92.4 Å². The van der Waals surface area contributed by atoms with Gasteiger partial charge >= 0.3 is 16.4 Å². The van der Waals surface area contributed by atoms with Crippen LogP contribution in [0.4, 0.5) is 0 Å². The molecule has 0 bridgehead atoms. The SMILES string of the molecule is O=C(O)C=Cc1ccccc1.O=S(=O)(O)O. The molecule has 3 N–H and O–H groups in total. The molecule has 0 aliphatic heterocycles. The summed E-state index contributed by atoms with van der Waals surface area (Å²) in [5.41, 5.74) is 0.898. The third kappa shape index (κ3) is 12.3. The fourth-order valence-electron chi connectivity index (χ4n) is 0.732. The quantitative estimate of drug-likeness (QED) is 0.532. The molecule has 16 heavy (non-hydrogen) atoms. The highest BCUT2D eigenvalue weighted by molar-refractivity contribution is 7.79. The maximum absolute atomic E-state index is 10.1. The molecule has 0 aliphatic rings. The van der Waals surface area contributed by atoms with Crippen LogP contribution in [0.5, 0.6) is 0 Å². The van der Waals surface area contributed by atoms with Gasteiger partial charge in [0.05, 0.1) is 0 Å². The zero-order chi connectivity index (χ0) is 12.6. The van der Waals surface area contributed by atoms with Crippen LogP contribution in [0.3, 0.4) is 0 Å². The molecule has 0 heterocycles. The monoisotopic (exact) mass is 246 g/mol. The molecule has 0 saturated heterocycles. The van der Waals surface area contributed by atoms with Gasteiger partial charge in [0.25, 0.3) is 0 Å². The molecular weight excluding hydrogens is 236 g/mol. The van der Waals surface area contributed by atoms with Gasteiger partial charge in [-0.3, -0.25) is 9.11 Å². The van der Waals surface area contributed by atoms with E-state index in [0.29, 0.717) is 0 Å². The van der Waals surface area contributed by atoms with Crippen LogP contribution in [0.2, 0.25) is 0 Å². The van der Waals surface area contributed by atoms with Crippen molar-refractivity contribution in [3.8, 4) is 0 Å². The molecule has 6 nitrogen and oxygen atoms in total. The van der Waals surface area contributed by atoms with Gasteiger partial charge in [0.15, 0.2) is 0 Å². The first-order valence-electron chi connectivity index (χ1n) is 3.95. The van der Waals surface area contributed by atoms with Crippen molar-refractivity contribution >= 4 is 22.4 Å². The number of aliphatic carboxylic acids is 1. The van der Waals surface area contributed by atoms with Crippen molar-refractivity contribution in [2.75, 3.05) is 0 Å². The highest BCUT2D eigenvalue weighted by atomic mass is 32.3. The minimum absolute atomic E-state index is 0.898. The smallest absolute Gasteiger partial charge is 0.394 e. The van der Waals surface area contributed by atoms with Gasteiger partial charge in [0, 0.05) is 6.08 Å². The van der Waals surface area contributed by atoms with E-state index in [-0.39, 0.29) is 0 Å². The minimum atomic E-state index is -4.67. The molecule has 0 aliphatic carbocycles. The van der Waals surface area contributed by atoms with Gasteiger partial charge in [-0.25, -0.2) is 4.79 Å². The highest BCUT2D eigenvalue weighted by Gasteiger charge is 1.86. The maximum atomic E-state index is 10.1. The summed E-state index contributed by atoms with van der Waals surface area (Å²) >= 11 is 0. The molecular formula is C9H10O6S. The van der Waals surface area contributed by atoms with E-state index in [1.807, 2.05) is 30.3 Å². The molecule has 0 atom stereocenters. The van der Waals surface area contributed by atoms with Crippen LogP contribution in [0.1, 0.15) is 5.56 Å². The first kappa shape index (κ1) is 14.3. The molecule has 0 spiro atoms. The number of carbonyl (C=O) groups is 1. The molecule has 0 unspecified atom stereocenters. The predicted octanol–water partition coefficient (Wildman–Crippen LogP) is 1.13. The lowest BCUT2D eigenvalue weighted by molar-refractivity contribution is -0.131. The largest absolute Gasteiger partial charge is 0.478 e. The van der Waals surface area contributed by atoms with Crippen LogP contribution in [0.25, 0.3) is 6.08 Å². The Kier molecular flexibility index (Phi) is 6.01. The number of rotatable bonds is 2. The Morgan fingerprint density at radius 1 is 1.12 bits per heavy atom. The highest BCUT2D eigenvalue weighted by Crippen LogP contribution is 1.99. The van der Waals surface area contributed by atoms with Crippen molar-refractivity contribution < 1.29 is 27.4 Å². The summed E-state index contributed by atoms with van der Waals surface area (Å²) in [5, 5.41) is 8.29. The van der Waals surface area contributed by atoms with Gasteiger partial charge in [-0.15, -0.1) is 0 Å². The second-order valence-corrected chi connectivity index (χ2v) is 3.43. The van der Waals surface area contributed by atoms with Gasteiger partial charge in [-0.1, -0.05) is 30.3 Å². The van der Waals surface area contributed by atoms with Crippen molar-refractivity contribution in [1.29, 1.82) is 0 Å². The normalized spacial score (nSPS) is 10.6. The second kappa shape index (κ2) is 6.72. The maximum Gasteiger partial charge on any atom is 0.394 e. The first-order valence-corrected chi connectivity index (χ1v) is 5.34. The Morgan fingerprint density at radius 2 is 1.56 bits per heavy atom. The molecule has 0 fully saturated rings. The standard InChI is InChI=1S/C9H8O2.H2O4S/c10-9(11)7-6-8-4-2-1-3-5-8;1-5(2,3)4/h1-7H,(H,10,11);(H2,1,2,3,4). The molecule has 1 rings (SSSR count). The van der Waals surface area contributed by atoms with E-state index in [2.05, 4.69) is 0 Å². The lowest BCUT2D eigenvalue weighted by Gasteiger charge is -1.87. The molecule has 1 aromatic carbocycles. The van der Waals surface area contributed by atoms with Crippen LogP contribution in [0, 0.1) is 0 Å². The van der Waals surface area contributed by atoms with Crippen molar-refractivity contribution in [3.63, 3.8) is 0 Å². The van der Waals surface area contributed by atoms with E-state index in [1.54, 1.807) is 6.08 Å². The number of hydrogen-bond acceptors (Lipinski definition) is 3. The van der Waals surface area contributed by atoms with Gasteiger partial charge in [-0.2, -0.15) is 8.42 Å². The lowest BCUT2D eigenvalue weighted by atomic mass is 10.2. The second-order valence-electron chi connectivity index (χ2n) is 2.53. The van der Waals surface area contributed by atoms with Crippen LogP contribution < -0.4 is 0 Å². The van der Waals surface area contributed by atoms with E-state index in [1.165, 1.54) is 0 Å². The fourth-order valence-corrected chi connectivity index (χ4v) is 0.732. The number of carboxylic acids is 1. The van der Waals surface area contributed by atoms with Crippen molar-refractivity contribution in [3.05, 3.63) is 42.0 Å². The van der Waals surface area contributed by atoms with E-state index >= 15 is 0 Å². The van der Waals surface area contributed by atoms with Gasteiger partial charge in [0.2, 0.25) is 0 Å². The van der Waals surface area contributed by atoms with E-state index in [4.69, 9.17) is 22.6 Å². The number of benzene rings is 1. The van der Waals surface area contributed by atoms with Gasteiger partial charge in [-0.05, 0) is 11.6 Å². The lowest BCUT2D eigenvalue weighted by Crippen LogP contribution is -1.89. The predicted molar refractivity (Wildman–Crippen MR) is 57.3 cm³/mol. The summed E-state index contributed by atoms with van der Waals surface area (Å²) in [6.07, 6.45) is 2.68. The Bertz CT molecular complexity index is 440. The average molecular weight is 246 g/mol. The van der Waals surface area contributed by atoms with Crippen LogP contribution in [0.15, 0.2) is 36.4 Å². The Balaban J connectivity index is 0.000000385. The first-order chi connectivity index (χ1) is 7.29. The summed E-state index contributed by atoms with van der Waals surface area (Å²) in [4.78, 5) is 10.1. The zero-order valence-electron chi connectivity index (χ0n) is 8.02. The average Bonchev–Trinajstić information content (AvgIpc) is 2.14. The molecule has 1 aromatic rings. The molecule has 0 radical (unpaired) electrons. The zero-order valence-corrected chi connectivity index (χ0v) is 8.83. The molecule has 88 valence electrons. The molecule has 0 amide bonds. The van der Waals surface area contributed by atoms with Crippen LogP contribution in [-0.2, 0) is 15.2 Å². The number of carboxylic acid groups (broad SMARTS) is 1. The number of hydrogen-bond donors (Lipinski definition) is 3. The van der Waals surface area contributed by atoms with Crippen molar-refractivity contribution in [2.24, 2.45) is 0 Å². The Morgan fingerprint density at radius 3 is 1.94 bits per heavy atom. The summed E-state index contributed by atoms with van der Waals surface area (Å²) in [6, 6.07) is 9.31. The minimum Gasteiger partial charge on any atom is -0.478 e. The summed E-state index contributed by atoms with van der Waals surface area (Å²) in [6.45, 7) is 0. The van der Waals surface area contributed by atoms with E-state index in [0.717, 1.165) is 11.6 Å². The topological polar surface area (TPSA) is 112 Å². The summed E-state index contributed by atoms with van der Waals surface area (Å²) in [5.74, 6) is -0.922. The van der Waals surface area contributed by atoms with Gasteiger partial charge in [0.1, 0.15) is 0 Å². The molecule has 0 aromatic heterocycles. The van der Waals surface area contributed by atoms with E-state index in [9.17, 15) is 4.79 Å². The molecule has 7 heteroatoms. The van der Waals surface area contributed by atoms with Crippen molar-refractivity contribution in [2.45, 2.75) is 0 Å². The van der Waals surface area contributed by atoms with Crippen molar-refractivity contribution in [1.82, 2.24) is 0 Å².